The molecule has 0 atom stereocenters. The van der Waals surface area contributed by atoms with Crippen molar-refractivity contribution in [2.24, 2.45) is 0 Å². The average Bonchev–Trinajstić information content (AvgIpc) is 2.91. The molecule has 0 saturated heterocycles. The van der Waals surface area contributed by atoms with Crippen LogP contribution >= 0.6 is 39.1 Å². The average molecular weight is 622 g/mol. The number of nitrogens with one attached hydrogen (secondary N) is 1. The second-order valence-corrected chi connectivity index (χ2v) is 10.3. The van der Waals surface area contributed by atoms with Crippen LogP contribution in [0.4, 0.5) is 5.69 Å². The normalized spacial score (nSPS) is 11.0. The summed E-state index contributed by atoms with van der Waals surface area (Å²) >= 11 is 15.6. The van der Waals surface area contributed by atoms with Gasteiger partial charge in [0.15, 0.2) is 0 Å². The van der Waals surface area contributed by atoms with Crippen molar-refractivity contribution < 1.29 is 14.3 Å². The molecule has 0 aliphatic carbocycles. The second kappa shape index (κ2) is 13.3. The van der Waals surface area contributed by atoms with Crippen molar-refractivity contribution in [1.82, 2.24) is 0 Å². The van der Waals surface area contributed by atoms with Gasteiger partial charge in [-0.05, 0) is 88.6 Å². The lowest BCUT2D eigenvalue weighted by Crippen LogP contribution is -2.13. The number of aryl methyl sites for hydroxylation is 1. The zero-order valence-electron chi connectivity index (χ0n) is 20.9. The molecule has 0 unspecified atom stereocenters. The number of carbonyl (C=O) groups excluding carboxylic acids is 1. The Morgan fingerprint density at radius 2 is 1.77 bits per heavy atom. The molecule has 0 aromatic heterocycles. The molecule has 0 heterocycles. The predicted octanol–water partition coefficient (Wildman–Crippen LogP) is 8.77. The van der Waals surface area contributed by atoms with Crippen molar-refractivity contribution in [2.75, 3.05) is 5.32 Å². The molecule has 0 radical (unpaired) electrons. The molecule has 0 aliphatic heterocycles. The summed E-state index contributed by atoms with van der Waals surface area (Å²) in [5.41, 5.74) is 4.22. The smallest absolute Gasteiger partial charge is 0.266 e. The fraction of sp³-hybridized carbons (Fsp3) is 0.0968. The van der Waals surface area contributed by atoms with Gasteiger partial charge in [-0.15, -0.1) is 0 Å². The first-order valence-corrected chi connectivity index (χ1v) is 13.4. The van der Waals surface area contributed by atoms with Crippen molar-refractivity contribution in [2.45, 2.75) is 20.1 Å². The summed E-state index contributed by atoms with van der Waals surface area (Å²) in [4.78, 5) is 12.8. The van der Waals surface area contributed by atoms with Gasteiger partial charge in [-0.25, -0.2) is 0 Å². The van der Waals surface area contributed by atoms with Gasteiger partial charge < -0.3 is 14.8 Å². The number of anilines is 1. The van der Waals surface area contributed by atoms with E-state index >= 15 is 0 Å². The van der Waals surface area contributed by atoms with Crippen LogP contribution in [0.3, 0.4) is 0 Å². The van der Waals surface area contributed by atoms with Crippen molar-refractivity contribution in [3.05, 3.63) is 127 Å². The number of amides is 1. The van der Waals surface area contributed by atoms with Crippen LogP contribution in [0.15, 0.2) is 95.0 Å². The molecule has 0 aliphatic rings. The van der Waals surface area contributed by atoms with Crippen LogP contribution < -0.4 is 14.8 Å². The summed E-state index contributed by atoms with van der Waals surface area (Å²) < 4.78 is 12.4. The Bertz CT molecular complexity index is 1560. The molecule has 0 fully saturated rings. The minimum atomic E-state index is -0.519. The van der Waals surface area contributed by atoms with Gasteiger partial charge in [0.05, 0.1) is 4.47 Å². The van der Waals surface area contributed by atoms with Gasteiger partial charge in [-0.2, -0.15) is 5.26 Å². The third kappa shape index (κ3) is 8.11. The van der Waals surface area contributed by atoms with Crippen LogP contribution in [-0.2, 0) is 18.0 Å². The largest absolute Gasteiger partial charge is 0.489 e. The number of rotatable bonds is 9. The molecule has 5 nitrogen and oxygen atoms in total. The zero-order chi connectivity index (χ0) is 27.8. The van der Waals surface area contributed by atoms with Crippen LogP contribution in [-0.4, -0.2) is 5.91 Å². The fourth-order valence-electron chi connectivity index (χ4n) is 3.63. The molecule has 196 valence electrons. The highest BCUT2D eigenvalue weighted by Gasteiger charge is 2.11. The van der Waals surface area contributed by atoms with E-state index in [1.54, 1.807) is 60.7 Å². The fourth-order valence-corrected chi connectivity index (χ4v) is 4.61. The number of hydrogen-bond donors (Lipinski definition) is 1. The molecule has 8 heteroatoms. The number of hydrogen-bond acceptors (Lipinski definition) is 4. The Morgan fingerprint density at radius 1 is 0.974 bits per heavy atom. The summed E-state index contributed by atoms with van der Waals surface area (Å²) in [6.07, 6.45) is 1.53. The Hall–Kier alpha value is -3.76. The first kappa shape index (κ1) is 28.3. The highest BCUT2D eigenvalue weighted by molar-refractivity contribution is 9.10. The van der Waals surface area contributed by atoms with E-state index < -0.39 is 5.91 Å². The van der Waals surface area contributed by atoms with Crippen LogP contribution in [0.2, 0.25) is 10.0 Å². The van der Waals surface area contributed by atoms with Crippen molar-refractivity contribution in [3.8, 4) is 17.6 Å². The first-order valence-electron chi connectivity index (χ1n) is 11.9. The predicted molar refractivity (Wildman–Crippen MR) is 159 cm³/mol. The number of halogens is 3. The van der Waals surface area contributed by atoms with Crippen LogP contribution in [0.5, 0.6) is 11.5 Å². The van der Waals surface area contributed by atoms with Crippen LogP contribution in [0, 0.1) is 18.3 Å². The molecular weight excluding hydrogens is 599 g/mol. The summed E-state index contributed by atoms with van der Waals surface area (Å²) in [5.74, 6) is 0.747. The Kier molecular flexibility index (Phi) is 9.67. The van der Waals surface area contributed by atoms with Crippen molar-refractivity contribution in [3.63, 3.8) is 0 Å². The van der Waals surface area contributed by atoms with E-state index in [9.17, 15) is 10.1 Å². The van der Waals surface area contributed by atoms with Crippen LogP contribution in [0.1, 0.15) is 22.3 Å². The second-order valence-electron chi connectivity index (χ2n) is 8.64. The van der Waals surface area contributed by atoms with E-state index in [0.717, 1.165) is 15.6 Å². The topological polar surface area (TPSA) is 71.3 Å². The molecule has 39 heavy (non-hydrogen) atoms. The van der Waals surface area contributed by atoms with Gasteiger partial charge in [-0.3, -0.25) is 4.79 Å². The number of nitrogens with zero attached hydrogens (tertiary/aromatic N) is 1. The molecule has 4 aromatic rings. The molecule has 0 spiro atoms. The minimum absolute atomic E-state index is 0.0342. The third-order valence-electron chi connectivity index (χ3n) is 5.63. The first-order chi connectivity index (χ1) is 18.8. The number of benzene rings is 4. The summed E-state index contributed by atoms with van der Waals surface area (Å²) in [6, 6.07) is 27.5. The molecule has 1 amide bonds. The molecule has 0 bridgehead atoms. The van der Waals surface area contributed by atoms with Crippen molar-refractivity contribution in [1.29, 1.82) is 5.26 Å². The Morgan fingerprint density at radius 3 is 2.46 bits per heavy atom. The summed E-state index contributed by atoms with van der Waals surface area (Å²) in [6.45, 7) is 2.74. The maximum absolute atomic E-state index is 12.8. The number of carbonyl (C=O) groups is 1. The lowest BCUT2D eigenvalue weighted by molar-refractivity contribution is -0.112. The minimum Gasteiger partial charge on any atom is -0.489 e. The lowest BCUT2D eigenvalue weighted by atomic mass is 10.1. The van der Waals surface area contributed by atoms with Gasteiger partial charge in [0.1, 0.15) is 36.4 Å². The van der Waals surface area contributed by atoms with E-state index in [4.69, 9.17) is 32.7 Å². The molecule has 4 rings (SSSR count). The SMILES string of the molecule is Cc1cccc(COc2ccc(/C=C(\C#N)C(=O)Nc3ccc(OCc4ccc(Cl)cc4Cl)cc3)cc2Br)c1. The maximum atomic E-state index is 12.8. The zero-order valence-corrected chi connectivity index (χ0v) is 24.0. The Balaban J connectivity index is 1.35. The lowest BCUT2D eigenvalue weighted by Gasteiger charge is -2.10. The standard InChI is InChI=1S/C31H23BrCl2N2O3/c1-20-3-2-4-22(13-20)18-39-30-12-5-21(15-28(30)32)14-24(17-35)31(37)36-26-8-10-27(11-9-26)38-19-23-6-7-25(33)16-29(23)34/h2-16H,18-19H2,1H3,(H,36,37)/b24-14+. The van der Waals surface area contributed by atoms with E-state index in [0.29, 0.717) is 39.4 Å². The maximum Gasteiger partial charge on any atom is 0.266 e. The van der Waals surface area contributed by atoms with E-state index in [-0.39, 0.29) is 12.2 Å². The van der Waals surface area contributed by atoms with Gasteiger partial charge >= 0.3 is 0 Å². The summed E-state index contributed by atoms with van der Waals surface area (Å²) in [5, 5.41) is 13.4. The third-order valence-corrected chi connectivity index (χ3v) is 6.84. The van der Waals surface area contributed by atoms with Gasteiger partial charge in [0.25, 0.3) is 5.91 Å². The summed E-state index contributed by atoms with van der Waals surface area (Å²) in [7, 11) is 0. The number of nitriles is 1. The van der Waals surface area contributed by atoms with E-state index in [1.165, 1.54) is 11.6 Å². The van der Waals surface area contributed by atoms with E-state index in [1.807, 2.05) is 31.2 Å². The van der Waals surface area contributed by atoms with Crippen LogP contribution in [0.25, 0.3) is 6.08 Å². The quantitative estimate of drug-likeness (QED) is 0.150. The van der Waals surface area contributed by atoms with Gasteiger partial charge in [0, 0.05) is 21.3 Å². The number of ether oxygens (including phenoxy) is 2. The monoisotopic (exact) mass is 620 g/mol. The Labute approximate surface area is 245 Å². The van der Waals surface area contributed by atoms with Crippen molar-refractivity contribution >= 4 is 56.8 Å². The highest BCUT2D eigenvalue weighted by atomic mass is 79.9. The highest BCUT2D eigenvalue weighted by Crippen LogP contribution is 2.28. The molecule has 1 N–H and O–H groups in total. The molecule has 0 saturated carbocycles. The molecule has 4 aromatic carbocycles. The molecular formula is C31H23BrCl2N2O3. The van der Waals surface area contributed by atoms with E-state index in [2.05, 4.69) is 27.3 Å². The van der Waals surface area contributed by atoms with Gasteiger partial charge in [0.2, 0.25) is 0 Å². The van der Waals surface area contributed by atoms with Gasteiger partial charge in [-0.1, -0.05) is 65.2 Å².